The minimum Gasteiger partial charge on any atom is -0.507 e. The molecule has 0 aromatic carbocycles. The Bertz CT molecular complexity index is 926. The molecular weight excluding hydrogens is 398 g/mol. The van der Waals surface area contributed by atoms with Crippen molar-refractivity contribution in [3.05, 3.63) is 58.9 Å². The molecule has 0 bridgehead atoms. The summed E-state index contributed by atoms with van der Waals surface area (Å²) in [6.45, 7) is 9.60. The Balaban J connectivity index is 1.60. The average Bonchev–Trinajstić information content (AvgIpc) is 3.34. The van der Waals surface area contributed by atoms with Crippen LogP contribution >= 0.6 is 0 Å². The molecular formula is C28H37NO3. The molecule has 5 atom stereocenters. The molecule has 0 aromatic rings. The molecule has 2 saturated heterocycles. The molecule has 1 N–H and O–H groups in total. The first-order valence-corrected chi connectivity index (χ1v) is 12.2. The van der Waals surface area contributed by atoms with E-state index in [-0.39, 0.29) is 34.5 Å². The third kappa shape index (κ3) is 3.72. The second kappa shape index (κ2) is 8.88. The second-order valence-corrected chi connectivity index (χ2v) is 10.3. The molecule has 4 aliphatic rings. The van der Waals surface area contributed by atoms with Crippen molar-refractivity contribution in [3.63, 3.8) is 0 Å². The van der Waals surface area contributed by atoms with Crippen LogP contribution in [0.2, 0.25) is 0 Å². The highest BCUT2D eigenvalue weighted by atomic mass is 16.3. The standard InChI is InChI=1S/C28H37NO3/c1-5-18(2)25-19(3)17-20-11-6-7-12-21(20)28(25,4)15-9-8-14-23(30)24-26(31)22-13-10-16-29(22)27(24)32/h5,8-9,14-15,17,20-22,25,30H,6-7,10-13,16H2,1-4H3/b14-8+,15-9+,18-5-,24-23+/t20-,21+,22+,25+,28-/m1/s1. The number of aliphatic hydroxyl groups is 1. The molecule has 2 heterocycles. The van der Waals surface area contributed by atoms with E-state index in [4.69, 9.17) is 0 Å². The molecule has 1 saturated carbocycles. The zero-order valence-electron chi connectivity index (χ0n) is 19.9. The quantitative estimate of drug-likeness (QED) is 0.198. The first-order chi connectivity index (χ1) is 15.3. The summed E-state index contributed by atoms with van der Waals surface area (Å²) in [6.07, 6.45) is 19.0. The number of hydrogen-bond acceptors (Lipinski definition) is 3. The Morgan fingerprint density at radius 2 is 1.91 bits per heavy atom. The van der Waals surface area contributed by atoms with Gasteiger partial charge in [-0.1, -0.05) is 61.3 Å². The van der Waals surface area contributed by atoms with Gasteiger partial charge in [0.2, 0.25) is 0 Å². The van der Waals surface area contributed by atoms with E-state index in [1.54, 1.807) is 11.0 Å². The van der Waals surface area contributed by atoms with Crippen molar-refractivity contribution in [3.8, 4) is 0 Å². The van der Waals surface area contributed by atoms with Crippen molar-refractivity contribution in [1.29, 1.82) is 0 Å². The molecule has 2 aliphatic carbocycles. The summed E-state index contributed by atoms with van der Waals surface area (Å²) in [5.74, 6) is 0.835. The van der Waals surface area contributed by atoms with Crippen molar-refractivity contribution in [1.82, 2.24) is 4.90 Å². The molecule has 4 nitrogen and oxygen atoms in total. The third-order valence-electron chi connectivity index (χ3n) is 8.44. The predicted molar refractivity (Wildman–Crippen MR) is 128 cm³/mol. The van der Waals surface area contributed by atoms with E-state index in [0.29, 0.717) is 30.7 Å². The predicted octanol–water partition coefficient (Wildman–Crippen LogP) is 5.84. The van der Waals surface area contributed by atoms with Gasteiger partial charge in [-0.2, -0.15) is 0 Å². The van der Waals surface area contributed by atoms with Gasteiger partial charge in [-0.3, -0.25) is 9.59 Å². The Labute approximate surface area is 192 Å². The number of nitrogens with zero attached hydrogens (tertiary/aromatic N) is 1. The SMILES string of the molecule is C/C=C(/C)[C@H]1C(C)=C[C@H]2CCCC[C@@H]2[C@@]1(C)/C=C/C=C/C(O)=C1/C(=O)[C@@H]2CCCN2C1=O. The van der Waals surface area contributed by atoms with Crippen LogP contribution in [0.5, 0.6) is 0 Å². The van der Waals surface area contributed by atoms with Crippen LogP contribution in [0.15, 0.2) is 58.9 Å². The molecule has 1 amide bonds. The Kier molecular flexibility index (Phi) is 6.33. The van der Waals surface area contributed by atoms with Crippen molar-refractivity contribution in [2.24, 2.45) is 23.2 Å². The van der Waals surface area contributed by atoms with Crippen LogP contribution in [0, 0.1) is 23.2 Å². The van der Waals surface area contributed by atoms with Crippen LogP contribution in [-0.2, 0) is 9.59 Å². The first-order valence-electron chi connectivity index (χ1n) is 12.2. The number of ketones is 1. The number of hydrogen-bond donors (Lipinski definition) is 1. The number of amides is 1. The summed E-state index contributed by atoms with van der Waals surface area (Å²) < 4.78 is 0. The lowest BCUT2D eigenvalue weighted by molar-refractivity contribution is -0.125. The number of allylic oxidation sites excluding steroid dienone is 8. The topological polar surface area (TPSA) is 57.6 Å². The molecule has 4 rings (SSSR count). The zero-order chi connectivity index (χ0) is 23.0. The first kappa shape index (κ1) is 22.8. The number of rotatable bonds is 4. The number of carbonyl (C=O) groups is 2. The largest absolute Gasteiger partial charge is 0.507 e. The molecule has 0 spiro atoms. The van der Waals surface area contributed by atoms with E-state index < -0.39 is 0 Å². The van der Waals surface area contributed by atoms with Crippen LogP contribution in [0.1, 0.15) is 66.2 Å². The molecule has 3 fully saturated rings. The van der Waals surface area contributed by atoms with Gasteiger partial charge in [-0.25, -0.2) is 0 Å². The summed E-state index contributed by atoms with van der Waals surface area (Å²) in [5.41, 5.74) is 2.80. The van der Waals surface area contributed by atoms with Crippen LogP contribution in [0.25, 0.3) is 0 Å². The third-order valence-corrected chi connectivity index (χ3v) is 8.44. The van der Waals surface area contributed by atoms with Crippen molar-refractivity contribution in [2.75, 3.05) is 6.54 Å². The Morgan fingerprint density at radius 3 is 2.62 bits per heavy atom. The summed E-state index contributed by atoms with van der Waals surface area (Å²) in [5, 5.41) is 10.5. The minimum atomic E-state index is -0.368. The summed E-state index contributed by atoms with van der Waals surface area (Å²) in [6, 6.07) is -0.368. The highest BCUT2D eigenvalue weighted by molar-refractivity contribution is 6.27. The van der Waals surface area contributed by atoms with Gasteiger partial charge in [0.25, 0.3) is 5.91 Å². The van der Waals surface area contributed by atoms with Gasteiger partial charge in [0.1, 0.15) is 11.3 Å². The lowest BCUT2D eigenvalue weighted by Crippen LogP contribution is -2.43. The highest BCUT2D eigenvalue weighted by Gasteiger charge is 2.48. The van der Waals surface area contributed by atoms with E-state index >= 15 is 0 Å². The summed E-state index contributed by atoms with van der Waals surface area (Å²) in [7, 11) is 0. The minimum absolute atomic E-state index is 0.00462. The van der Waals surface area contributed by atoms with Crippen molar-refractivity contribution in [2.45, 2.75) is 72.3 Å². The maximum Gasteiger partial charge on any atom is 0.261 e. The Hall–Kier alpha value is -2.36. The lowest BCUT2D eigenvalue weighted by atomic mass is 9.53. The number of aliphatic hydroxyl groups excluding tert-OH is 1. The van der Waals surface area contributed by atoms with E-state index in [2.05, 4.69) is 45.9 Å². The molecule has 4 heteroatoms. The fraction of sp³-hybridized carbons (Fsp3) is 0.571. The van der Waals surface area contributed by atoms with Crippen molar-refractivity contribution >= 4 is 11.7 Å². The van der Waals surface area contributed by atoms with Gasteiger partial charge >= 0.3 is 0 Å². The molecule has 32 heavy (non-hydrogen) atoms. The number of fused-ring (bicyclic) bond motifs is 2. The molecule has 0 aromatic heterocycles. The van der Waals surface area contributed by atoms with Gasteiger partial charge in [-0.15, -0.1) is 0 Å². The second-order valence-electron chi connectivity index (χ2n) is 10.3. The smallest absolute Gasteiger partial charge is 0.261 e. The summed E-state index contributed by atoms with van der Waals surface area (Å²) >= 11 is 0. The highest BCUT2D eigenvalue weighted by Crippen LogP contribution is 2.55. The van der Waals surface area contributed by atoms with Gasteiger partial charge in [-0.05, 0) is 69.8 Å². The van der Waals surface area contributed by atoms with Gasteiger partial charge in [0, 0.05) is 12.5 Å². The van der Waals surface area contributed by atoms with Gasteiger partial charge in [0.15, 0.2) is 5.78 Å². The molecule has 0 radical (unpaired) electrons. The molecule has 172 valence electrons. The monoisotopic (exact) mass is 435 g/mol. The average molecular weight is 436 g/mol. The number of Topliss-reactive ketones (excluding diaryl/α,β-unsaturated/α-hetero) is 1. The van der Waals surface area contributed by atoms with Crippen LogP contribution in [0.3, 0.4) is 0 Å². The fourth-order valence-corrected chi connectivity index (χ4v) is 6.93. The normalized spacial score (nSPS) is 37.3. The fourth-order valence-electron chi connectivity index (χ4n) is 6.93. The maximum atomic E-state index is 12.6. The van der Waals surface area contributed by atoms with E-state index in [0.717, 1.165) is 6.42 Å². The van der Waals surface area contributed by atoms with E-state index in [1.165, 1.54) is 42.9 Å². The lowest BCUT2D eigenvalue weighted by Gasteiger charge is -2.51. The summed E-state index contributed by atoms with van der Waals surface area (Å²) in [4.78, 5) is 26.7. The van der Waals surface area contributed by atoms with Crippen LogP contribution in [-0.4, -0.2) is 34.3 Å². The maximum absolute atomic E-state index is 12.6. The van der Waals surface area contributed by atoms with Gasteiger partial charge in [0.05, 0.1) is 6.04 Å². The van der Waals surface area contributed by atoms with Crippen LogP contribution in [0.4, 0.5) is 0 Å². The van der Waals surface area contributed by atoms with Crippen molar-refractivity contribution < 1.29 is 14.7 Å². The number of carbonyl (C=O) groups excluding carboxylic acids is 2. The van der Waals surface area contributed by atoms with E-state index in [1.807, 2.05) is 6.08 Å². The van der Waals surface area contributed by atoms with Gasteiger partial charge < -0.3 is 10.0 Å². The van der Waals surface area contributed by atoms with E-state index in [9.17, 15) is 14.7 Å². The zero-order valence-corrected chi connectivity index (χ0v) is 19.9. The Morgan fingerprint density at radius 1 is 1.16 bits per heavy atom. The molecule has 2 aliphatic heterocycles. The van der Waals surface area contributed by atoms with Crippen LogP contribution < -0.4 is 0 Å². The molecule has 0 unspecified atom stereocenters.